The third kappa shape index (κ3) is 2.72. The van der Waals surface area contributed by atoms with E-state index in [1.54, 1.807) is 6.20 Å². The van der Waals surface area contributed by atoms with Crippen LogP contribution in [-0.4, -0.2) is 21.1 Å². The number of aromatic nitrogens is 3. The zero-order chi connectivity index (χ0) is 17.6. The normalized spacial score (nSPS) is 21.1. The number of nitrogens with zero attached hydrogens (tertiary/aromatic N) is 3. The SMILES string of the molecule is CCNc1ccnc2sc3c(=O)n(C4CCC(C)CC4)c(C)nc3c12. The molecule has 0 aromatic carbocycles. The van der Waals surface area contributed by atoms with E-state index in [-0.39, 0.29) is 11.6 Å². The molecule has 1 fully saturated rings. The van der Waals surface area contributed by atoms with E-state index in [1.165, 1.54) is 24.2 Å². The largest absolute Gasteiger partial charge is 0.385 e. The molecular formula is C19H24N4OS. The number of aryl methyl sites for hydroxylation is 1. The Labute approximate surface area is 151 Å². The second-order valence-corrected chi connectivity index (χ2v) is 8.10. The summed E-state index contributed by atoms with van der Waals surface area (Å²) in [6.07, 6.45) is 6.31. The molecule has 0 saturated heterocycles. The molecule has 0 radical (unpaired) electrons. The van der Waals surface area contributed by atoms with Gasteiger partial charge in [0.1, 0.15) is 20.9 Å². The van der Waals surface area contributed by atoms with Gasteiger partial charge >= 0.3 is 0 Å². The van der Waals surface area contributed by atoms with Crippen LogP contribution in [0.2, 0.25) is 0 Å². The second-order valence-electron chi connectivity index (χ2n) is 7.10. The second kappa shape index (κ2) is 6.41. The number of rotatable bonds is 3. The van der Waals surface area contributed by atoms with Crippen LogP contribution in [0.25, 0.3) is 20.4 Å². The van der Waals surface area contributed by atoms with Crippen LogP contribution in [0, 0.1) is 12.8 Å². The maximum atomic E-state index is 13.3. The van der Waals surface area contributed by atoms with Gasteiger partial charge in [-0.3, -0.25) is 9.36 Å². The molecule has 1 aliphatic carbocycles. The zero-order valence-electron chi connectivity index (χ0n) is 15.0. The predicted molar refractivity (Wildman–Crippen MR) is 105 cm³/mol. The first kappa shape index (κ1) is 16.5. The highest BCUT2D eigenvalue weighted by atomic mass is 32.1. The summed E-state index contributed by atoms with van der Waals surface area (Å²) in [7, 11) is 0. The third-order valence-electron chi connectivity index (χ3n) is 5.32. The lowest BCUT2D eigenvalue weighted by Crippen LogP contribution is -2.30. The monoisotopic (exact) mass is 356 g/mol. The number of hydrogen-bond donors (Lipinski definition) is 1. The fourth-order valence-corrected chi connectivity index (χ4v) is 5.05. The van der Waals surface area contributed by atoms with E-state index in [0.717, 1.165) is 57.2 Å². The van der Waals surface area contributed by atoms with Crippen molar-refractivity contribution in [3.05, 3.63) is 28.4 Å². The van der Waals surface area contributed by atoms with E-state index in [2.05, 4.69) is 24.1 Å². The zero-order valence-corrected chi connectivity index (χ0v) is 15.8. The van der Waals surface area contributed by atoms with Gasteiger partial charge in [0.25, 0.3) is 5.56 Å². The van der Waals surface area contributed by atoms with Crippen LogP contribution in [0.5, 0.6) is 0 Å². The summed E-state index contributed by atoms with van der Waals surface area (Å²) in [5.74, 6) is 1.59. The number of hydrogen-bond acceptors (Lipinski definition) is 5. The Balaban J connectivity index is 1.93. The molecule has 0 spiro atoms. The highest BCUT2D eigenvalue weighted by Crippen LogP contribution is 2.36. The van der Waals surface area contributed by atoms with Gasteiger partial charge in [-0.05, 0) is 51.5 Å². The van der Waals surface area contributed by atoms with Crippen molar-refractivity contribution in [3.8, 4) is 0 Å². The maximum Gasteiger partial charge on any atom is 0.271 e. The molecule has 0 unspecified atom stereocenters. The summed E-state index contributed by atoms with van der Waals surface area (Å²) in [4.78, 5) is 23.5. The number of fused-ring (bicyclic) bond motifs is 3. The topological polar surface area (TPSA) is 59.8 Å². The molecular weight excluding hydrogens is 332 g/mol. The molecule has 5 nitrogen and oxygen atoms in total. The fraction of sp³-hybridized carbons (Fsp3) is 0.526. The first-order valence-electron chi connectivity index (χ1n) is 9.14. The van der Waals surface area contributed by atoms with Gasteiger partial charge in [0.05, 0.1) is 5.39 Å². The van der Waals surface area contributed by atoms with E-state index in [0.29, 0.717) is 0 Å². The van der Waals surface area contributed by atoms with Crippen LogP contribution in [0.3, 0.4) is 0 Å². The van der Waals surface area contributed by atoms with Crippen molar-refractivity contribution in [1.82, 2.24) is 14.5 Å². The molecule has 3 aromatic rings. The van der Waals surface area contributed by atoms with E-state index in [9.17, 15) is 4.79 Å². The van der Waals surface area contributed by atoms with Gasteiger partial charge in [-0.25, -0.2) is 9.97 Å². The molecule has 3 heterocycles. The minimum atomic E-state index is 0.104. The van der Waals surface area contributed by atoms with E-state index >= 15 is 0 Å². The Bertz CT molecular complexity index is 982. The van der Waals surface area contributed by atoms with E-state index < -0.39 is 0 Å². The molecule has 1 aliphatic rings. The Hall–Kier alpha value is -1.95. The summed E-state index contributed by atoms with van der Waals surface area (Å²) < 4.78 is 2.67. The molecule has 1 N–H and O–H groups in total. The number of anilines is 1. The van der Waals surface area contributed by atoms with Gasteiger partial charge in [0.15, 0.2) is 0 Å². The Morgan fingerprint density at radius 1 is 1.32 bits per heavy atom. The van der Waals surface area contributed by atoms with Crippen LogP contribution in [-0.2, 0) is 0 Å². The van der Waals surface area contributed by atoms with Gasteiger partial charge in [-0.2, -0.15) is 0 Å². The first-order valence-corrected chi connectivity index (χ1v) is 9.96. The number of thiophene rings is 1. The number of pyridine rings is 1. The molecule has 4 rings (SSSR count). The summed E-state index contributed by atoms with van der Waals surface area (Å²) in [6.45, 7) is 7.15. The van der Waals surface area contributed by atoms with Crippen LogP contribution >= 0.6 is 11.3 Å². The highest BCUT2D eigenvalue weighted by molar-refractivity contribution is 7.25. The molecule has 6 heteroatoms. The van der Waals surface area contributed by atoms with Gasteiger partial charge in [-0.1, -0.05) is 6.92 Å². The van der Waals surface area contributed by atoms with Crippen molar-refractivity contribution in [3.63, 3.8) is 0 Å². The molecule has 1 saturated carbocycles. The van der Waals surface area contributed by atoms with Gasteiger partial charge < -0.3 is 5.32 Å². The van der Waals surface area contributed by atoms with Gasteiger partial charge in [0, 0.05) is 24.5 Å². The average molecular weight is 356 g/mol. The van der Waals surface area contributed by atoms with E-state index in [4.69, 9.17) is 4.98 Å². The quantitative estimate of drug-likeness (QED) is 0.751. The van der Waals surface area contributed by atoms with Crippen molar-refractivity contribution >= 4 is 37.5 Å². The lowest BCUT2D eigenvalue weighted by atomic mass is 9.87. The van der Waals surface area contributed by atoms with Crippen molar-refractivity contribution in [2.45, 2.75) is 52.5 Å². The lowest BCUT2D eigenvalue weighted by molar-refractivity contribution is 0.281. The van der Waals surface area contributed by atoms with E-state index in [1.807, 2.05) is 17.6 Å². The maximum absolute atomic E-state index is 13.3. The number of nitrogens with one attached hydrogen (secondary N) is 1. The summed E-state index contributed by atoms with van der Waals surface area (Å²) >= 11 is 1.47. The van der Waals surface area contributed by atoms with Crippen LogP contribution in [0.15, 0.2) is 17.1 Å². The third-order valence-corrected chi connectivity index (χ3v) is 6.39. The van der Waals surface area contributed by atoms with Crippen LogP contribution in [0.4, 0.5) is 5.69 Å². The Morgan fingerprint density at radius 2 is 2.08 bits per heavy atom. The predicted octanol–water partition coefficient (Wildman–Crippen LogP) is 4.50. The smallest absolute Gasteiger partial charge is 0.271 e. The van der Waals surface area contributed by atoms with Crippen molar-refractivity contribution < 1.29 is 0 Å². The van der Waals surface area contributed by atoms with Crippen molar-refractivity contribution in [2.24, 2.45) is 5.92 Å². The van der Waals surface area contributed by atoms with Crippen LogP contribution < -0.4 is 10.9 Å². The molecule has 0 aliphatic heterocycles. The molecule has 0 bridgehead atoms. The molecule has 3 aromatic heterocycles. The Kier molecular flexibility index (Phi) is 4.23. The Morgan fingerprint density at radius 3 is 2.80 bits per heavy atom. The molecule has 25 heavy (non-hydrogen) atoms. The van der Waals surface area contributed by atoms with Crippen molar-refractivity contribution in [2.75, 3.05) is 11.9 Å². The van der Waals surface area contributed by atoms with Crippen molar-refractivity contribution in [1.29, 1.82) is 0 Å². The van der Waals surface area contributed by atoms with Crippen LogP contribution in [0.1, 0.15) is 51.4 Å². The fourth-order valence-electron chi connectivity index (χ4n) is 4.00. The summed E-state index contributed by atoms with van der Waals surface area (Å²) in [6, 6.07) is 2.25. The molecule has 132 valence electrons. The lowest BCUT2D eigenvalue weighted by Gasteiger charge is -2.28. The van der Waals surface area contributed by atoms with Gasteiger partial charge in [0.2, 0.25) is 0 Å². The minimum absolute atomic E-state index is 0.104. The average Bonchev–Trinajstić information content (AvgIpc) is 2.97. The summed E-state index contributed by atoms with van der Waals surface area (Å²) in [5.41, 5.74) is 1.91. The highest BCUT2D eigenvalue weighted by Gasteiger charge is 2.24. The minimum Gasteiger partial charge on any atom is -0.385 e. The molecule has 0 amide bonds. The standard InChI is InChI=1S/C19H24N4OS/c1-4-20-14-9-10-21-18-15(14)16-17(25-18)19(24)23(12(3)22-16)13-7-5-11(2)6-8-13/h9-11,13H,4-8H2,1-3H3,(H,20,21). The first-order chi connectivity index (χ1) is 12.1. The molecule has 0 atom stereocenters. The summed E-state index contributed by atoms with van der Waals surface area (Å²) in [5, 5.41) is 4.35. The van der Waals surface area contributed by atoms with Gasteiger partial charge in [-0.15, -0.1) is 11.3 Å².